The topological polar surface area (TPSA) is 54.0 Å². The van der Waals surface area contributed by atoms with Gasteiger partial charge in [0.15, 0.2) is 0 Å². The average molecular weight is 269 g/mol. The summed E-state index contributed by atoms with van der Waals surface area (Å²) in [5, 5.41) is 6.26. The number of hydrogen-bond acceptors (Lipinski definition) is 3. The number of hydrogen-bond donors (Lipinski definition) is 2. The lowest BCUT2D eigenvalue weighted by atomic mass is 10.1. The number of nitrogens with zero attached hydrogens (tertiary/aromatic N) is 1. The van der Waals surface area contributed by atoms with Gasteiger partial charge in [0.05, 0.1) is 5.69 Å². The molecule has 1 aromatic heterocycles. The fourth-order valence-electron chi connectivity index (χ4n) is 1.99. The molecule has 0 saturated carbocycles. The SMILES string of the molecule is CC(=O)Nc1ccccc1CN[C@H](C)c1ccccn1. The van der Waals surface area contributed by atoms with Crippen molar-refractivity contribution in [3.63, 3.8) is 0 Å². The Labute approximate surface area is 119 Å². The number of benzene rings is 1. The van der Waals surface area contributed by atoms with E-state index in [4.69, 9.17) is 0 Å². The van der Waals surface area contributed by atoms with Crippen molar-refractivity contribution in [1.82, 2.24) is 10.3 Å². The predicted octanol–water partition coefficient (Wildman–Crippen LogP) is 2.89. The molecule has 0 saturated heterocycles. The average Bonchev–Trinajstić information content (AvgIpc) is 2.46. The Bertz CT molecular complexity index is 569. The molecular formula is C16H19N3O. The van der Waals surface area contributed by atoms with E-state index in [1.165, 1.54) is 6.92 Å². The van der Waals surface area contributed by atoms with E-state index in [0.29, 0.717) is 6.54 Å². The van der Waals surface area contributed by atoms with Gasteiger partial charge in [0.1, 0.15) is 0 Å². The summed E-state index contributed by atoms with van der Waals surface area (Å²) in [5.41, 5.74) is 2.91. The monoisotopic (exact) mass is 269 g/mol. The summed E-state index contributed by atoms with van der Waals surface area (Å²) in [6, 6.07) is 13.8. The van der Waals surface area contributed by atoms with Crippen LogP contribution in [-0.4, -0.2) is 10.9 Å². The van der Waals surface area contributed by atoms with Gasteiger partial charge in [0, 0.05) is 31.4 Å². The minimum Gasteiger partial charge on any atom is -0.326 e. The zero-order valence-electron chi connectivity index (χ0n) is 11.8. The van der Waals surface area contributed by atoms with Gasteiger partial charge in [-0.25, -0.2) is 0 Å². The Morgan fingerprint density at radius 2 is 1.95 bits per heavy atom. The van der Waals surface area contributed by atoms with Crippen LogP contribution in [-0.2, 0) is 11.3 Å². The third kappa shape index (κ3) is 3.90. The van der Waals surface area contributed by atoms with Gasteiger partial charge in [-0.15, -0.1) is 0 Å². The lowest BCUT2D eigenvalue weighted by Crippen LogP contribution is -2.20. The van der Waals surface area contributed by atoms with Gasteiger partial charge >= 0.3 is 0 Å². The second-order valence-electron chi connectivity index (χ2n) is 4.70. The van der Waals surface area contributed by atoms with Crippen molar-refractivity contribution in [2.75, 3.05) is 5.32 Å². The van der Waals surface area contributed by atoms with Gasteiger partial charge in [0.2, 0.25) is 5.91 Å². The highest BCUT2D eigenvalue weighted by Gasteiger charge is 2.08. The number of carbonyl (C=O) groups is 1. The second kappa shape index (κ2) is 6.82. The normalized spacial score (nSPS) is 11.9. The molecule has 0 fully saturated rings. The van der Waals surface area contributed by atoms with Crippen LogP contribution in [0, 0.1) is 0 Å². The van der Waals surface area contributed by atoms with Crippen molar-refractivity contribution in [3.8, 4) is 0 Å². The van der Waals surface area contributed by atoms with Crippen LogP contribution in [0.2, 0.25) is 0 Å². The molecule has 0 radical (unpaired) electrons. The van der Waals surface area contributed by atoms with Crippen molar-refractivity contribution in [2.45, 2.75) is 26.4 Å². The summed E-state index contributed by atoms with van der Waals surface area (Å²) in [7, 11) is 0. The molecule has 1 aromatic carbocycles. The first kappa shape index (κ1) is 14.2. The lowest BCUT2D eigenvalue weighted by Gasteiger charge is -2.15. The van der Waals surface area contributed by atoms with Gasteiger partial charge < -0.3 is 10.6 Å². The van der Waals surface area contributed by atoms with Gasteiger partial charge in [-0.2, -0.15) is 0 Å². The van der Waals surface area contributed by atoms with E-state index in [9.17, 15) is 4.79 Å². The highest BCUT2D eigenvalue weighted by molar-refractivity contribution is 5.89. The van der Waals surface area contributed by atoms with Crippen LogP contribution in [0.4, 0.5) is 5.69 Å². The van der Waals surface area contributed by atoms with Crippen molar-refractivity contribution >= 4 is 11.6 Å². The minimum absolute atomic E-state index is 0.0600. The third-order valence-electron chi connectivity index (χ3n) is 3.06. The maximum absolute atomic E-state index is 11.2. The third-order valence-corrected chi connectivity index (χ3v) is 3.06. The lowest BCUT2D eigenvalue weighted by molar-refractivity contribution is -0.114. The number of pyridine rings is 1. The Morgan fingerprint density at radius 1 is 1.20 bits per heavy atom. The fourth-order valence-corrected chi connectivity index (χ4v) is 1.99. The molecule has 0 aliphatic rings. The molecule has 4 nitrogen and oxygen atoms in total. The Hall–Kier alpha value is -2.20. The van der Waals surface area contributed by atoms with Crippen LogP contribution >= 0.6 is 0 Å². The molecule has 2 rings (SSSR count). The zero-order valence-corrected chi connectivity index (χ0v) is 11.8. The standard InChI is InChI=1S/C16H19N3O/c1-12(15-8-5-6-10-17-15)18-11-14-7-3-4-9-16(14)19-13(2)20/h3-10,12,18H,11H2,1-2H3,(H,19,20)/t12-/m1/s1. The van der Waals surface area contributed by atoms with E-state index in [1.807, 2.05) is 42.5 Å². The number of anilines is 1. The molecule has 1 atom stereocenters. The van der Waals surface area contributed by atoms with Gasteiger partial charge in [-0.05, 0) is 30.7 Å². The van der Waals surface area contributed by atoms with Crippen molar-refractivity contribution in [3.05, 3.63) is 59.9 Å². The van der Waals surface area contributed by atoms with Crippen LogP contribution in [0.25, 0.3) is 0 Å². The quantitative estimate of drug-likeness (QED) is 0.877. The second-order valence-corrected chi connectivity index (χ2v) is 4.70. The van der Waals surface area contributed by atoms with Gasteiger partial charge in [-0.1, -0.05) is 24.3 Å². The summed E-state index contributed by atoms with van der Waals surface area (Å²) in [6.45, 7) is 4.26. The smallest absolute Gasteiger partial charge is 0.221 e. The predicted molar refractivity (Wildman–Crippen MR) is 80.2 cm³/mol. The largest absolute Gasteiger partial charge is 0.326 e. The highest BCUT2D eigenvalue weighted by atomic mass is 16.1. The van der Waals surface area contributed by atoms with Crippen LogP contribution in [0.3, 0.4) is 0 Å². The van der Waals surface area contributed by atoms with E-state index < -0.39 is 0 Å². The molecule has 0 spiro atoms. The van der Waals surface area contributed by atoms with Crippen LogP contribution in [0.15, 0.2) is 48.7 Å². The maximum Gasteiger partial charge on any atom is 0.221 e. The number of aromatic nitrogens is 1. The molecule has 20 heavy (non-hydrogen) atoms. The molecule has 1 amide bonds. The van der Waals surface area contributed by atoms with E-state index in [2.05, 4.69) is 22.5 Å². The molecule has 104 valence electrons. The summed E-state index contributed by atoms with van der Waals surface area (Å²) >= 11 is 0. The molecule has 0 unspecified atom stereocenters. The summed E-state index contributed by atoms with van der Waals surface area (Å²) < 4.78 is 0. The molecular weight excluding hydrogens is 250 g/mol. The Kier molecular flexibility index (Phi) is 4.85. The molecule has 2 N–H and O–H groups in total. The van der Waals surface area contributed by atoms with Gasteiger partial charge in [-0.3, -0.25) is 9.78 Å². The Balaban J connectivity index is 2.02. The summed E-state index contributed by atoms with van der Waals surface area (Å²) in [6.07, 6.45) is 1.79. The van der Waals surface area contributed by atoms with E-state index in [-0.39, 0.29) is 11.9 Å². The first-order valence-corrected chi connectivity index (χ1v) is 6.66. The molecule has 0 aliphatic carbocycles. The molecule has 4 heteroatoms. The van der Waals surface area contributed by atoms with Crippen LogP contribution in [0.5, 0.6) is 0 Å². The molecule has 0 bridgehead atoms. The van der Waals surface area contributed by atoms with Crippen LogP contribution < -0.4 is 10.6 Å². The minimum atomic E-state index is -0.0600. The molecule has 0 aliphatic heterocycles. The summed E-state index contributed by atoms with van der Waals surface area (Å²) in [5.74, 6) is -0.0600. The number of para-hydroxylation sites is 1. The molecule has 2 aromatic rings. The fraction of sp³-hybridized carbons (Fsp3) is 0.250. The van der Waals surface area contributed by atoms with Crippen molar-refractivity contribution in [1.29, 1.82) is 0 Å². The number of amides is 1. The van der Waals surface area contributed by atoms with Crippen molar-refractivity contribution in [2.24, 2.45) is 0 Å². The first-order valence-electron chi connectivity index (χ1n) is 6.66. The van der Waals surface area contributed by atoms with Crippen LogP contribution in [0.1, 0.15) is 31.1 Å². The number of nitrogens with one attached hydrogen (secondary N) is 2. The Morgan fingerprint density at radius 3 is 2.65 bits per heavy atom. The van der Waals surface area contributed by atoms with E-state index in [0.717, 1.165) is 16.9 Å². The van der Waals surface area contributed by atoms with E-state index >= 15 is 0 Å². The number of rotatable bonds is 5. The molecule has 1 heterocycles. The van der Waals surface area contributed by atoms with Crippen molar-refractivity contribution < 1.29 is 4.79 Å². The highest BCUT2D eigenvalue weighted by Crippen LogP contribution is 2.16. The zero-order chi connectivity index (χ0) is 14.4. The van der Waals surface area contributed by atoms with Gasteiger partial charge in [0.25, 0.3) is 0 Å². The summed E-state index contributed by atoms with van der Waals surface area (Å²) in [4.78, 5) is 15.5. The number of carbonyl (C=O) groups excluding carboxylic acids is 1. The first-order chi connectivity index (χ1) is 9.66. The van der Waals surface area contributed by atoms with E-state index in [1.54, 1.807) is 6.20 Å². The maximum atomic E-state index is 11.2.